The van der Waals surface area contributed by atoms with Crippen molar-refractivity contribution in [1.82, 2.24) is 5.32 Å². The second-order valence-corrected chi connectivity index (χ2v) is 5.29. The lowest BCUT2D eigenvalue weighted by atomic mass is 9.91. The van der Waals surface area contributed by atoms with Crippen molar-refractivity contribution in [2.24, 2.45) is 0 Å². The largest absolute Gasteiger partial charge is 0.393 e. The zero-order valence-corrected chi connectivity index (χ0v) is 10.3. The van der Waals surface area contributed by atoms with E-state index in [4.69, 9.17) is 4.74 Å². The first kappa shape index (κ1) is 12.3. The van der Waals surface area contributed by atoms with Gasteiger partial charge in [0.2, 0.25) is 0 Å². The van der Waals surface area contributed by atoms with Crippen LogP contribution in [0, 0.1) is 0 Å². The maximum atomic E-state index is 9.47. The number of nitrogens with one attached hydrogen (secondary N) is 1. The molecule has 1 aliphatic carbocycles. The zero-order valence-electron chi connectivity index (χ0n) is 10.3. The molecule has 2 fully saturated rings. The number of aliphatic hydroxyl groups excluding tert-OH is 1. The summed E-state index contributed by atoms with van der Waals surface area (Å²) in [6.45, 7) is 3.11. The number of aliphatic hydroxyl groups is 1. The molecule has 2 rings (SSSR count). The van der Waals surface area contributed by atoms with E-state index in [1.807, 2.05) is 0 Å². The van der Waals surface area contributed by atoms with Crippen molar-refractivity contribution in [2.45, 2.75) is 76.2 Å². The third kappa shape index (κ3) is 3.44. The number of rotatable bonds is 3. The SMILES string of the molecule is CCC1CC(NC2CCC(O)CC2)CCO1. The maximum absolute atomic E-state index is 9.47. The Bertz CT molecular complexity index is 202. The molecule has 2 atom stereocenters. The zero-order chi connectivity index (χ0) is 11.4. The van der Waals surface area contributed by atoms with E-state index < -0.39 is 0 Å². The second kappa shape index (κ2) is 5.99. The van der Waals surface area contributed by atoms with E-state index >= 15 is 0 Å². The highest BCUT2D eigenvalue weighted by Crippen LogP contribution is 2.22. The molecular weight excluding hydrogens is 202 g/mol. The summed E-state index contributed by atoms with van der Waals surface area (Å²) in [7, 11) is 0. The first-order valence-corrected chi connectivity index (χ1v) is 6.83. The van der Waals surface area contributed by atoms with E-state index in [0.29, 0.717) is 18.2 Å². The molecule has 3 heteroatoms. The molecule has 0 amide bonds. The molecular formula is C13H25NO2. The molecule has 16 heavy (non-hydrogen) atoms. The topological polar surface area (TPSA) is 41.5 Å². The molecule has 0 bridgehead atoms. The van der Waals surface area contributed by atoms with Crippen LogP contribution in [0.15, 0.2) is 0 Å². The van der Waals surface area contributed by atoms with Crippen molar-refractivity contribution in [3.8, 4) is 0 Å². The van der Waals surface area contributed by atoms with Gasteiger partial charge in [0.05, 0.1) is 12.2 Å². The van der Waals surface area contributed by atoms with Crippen molar-refractivity contribution in [1.29, 1.82) is 0 Å². The molecule has 0 aromatic carbocycles. The van der Waals surface area contributed by atoms with Gasteiger partial charge in [0.25, 0.3) is 0 Å². The summed E-state index contributed by atoms with van der Waals surface area (Å²) in [5, 5.41) is 13.2. The maximum Gasteiger partial charge on any atom is 0.0587 e. The summed E-state index contributed by atoms with van der Waals surface area (Å²) in [5.41, 5.74) is 0. The monoisotopic (exact) mass is 227 g/mol. The quantitative estimate of drug-likeness (QED) is 0.773. The van der Waals surface area contributed by atoms with Crippen LogP contribution in [-0.2, 0) is 4.74 Å². The molecule has 2 aliphatic rings. The lowest BCUT2D eigenvalue weighted by molar-refractivity contribution is -0.00402. The molecule has 1 aliphatic heterocycles. The summed E-state index contributed by atoms with van der Waals surface area (Å²) in [6.07, 6.45) is 8.06. The van der Waals surface area contributed by atoms with Gasteiger partial charge in [-0.25, -0.2) is 0 Å². The van der Waals surface area contributed by atoms with Crippen LogP contribution in [0.25, 0.3) is 0 Å². The molecule has 94 valence electrons. The highest BCUT2D eigenvalue weighted by atomic mass is 16.5. The second-order valence-electron chi connectivity index (χ2n) is 5.29. The van der Waals surface area contributed by atoms with Crippen molar-refractivity contribution in [3.63, 3.8) is 0 Å². The first-order valence-electron chi connectivity index (χ1n) is 6.83. The van der Waals surface area contributed by atoms with Gasteiger partial charge in [0, 0.05) is 18.7 Å². The van der Waals surface area contributed by atoms with Crippen LogP contribution in [-0.4, -0.2) is 36.0 Å². The van der Waals surface area contributed by atoms with E-state index in [9.17, 15) is 5.11 Å². The summed E-state index contributed by atoms with van der Waals surface area (Å²) >= 11 is 0. The van der Waals surface area contributed by atoms with Crippen LogP contribution in [0.3, 0.4) is 0 Å². The van der Waals surface area contributed by atoms with Crippen LogP contribution >= 0.6 is 0 Å². The Hall–Kier alpha value is -0.120. The summed E-state index contributed by atoms with van der Waals surface area (Å²) < 4.78 is 5.68. The van der Waals surface area contributed by atoms with Crippen molar-refractivity contribution in [2.75, 3.05) is 6.61 Å². The Morgan fingerprint density at radius 1 is 1.12 bits per heavy atom. The standard InChI is InChI=1S/C13H25NO2/c1-2-13-9-11(7-8-16-13)14-10-3-5-12(15)6-4-10/h10-15H,2-9H2,1H3. The summed E-state index contributed by atoms with van der Waals surface area (Å²) in [5.74, 6) is 0. The molecule has 0 radical (unpaired) electrons. The highest BCUT2D eigenvalue weighted by molar-refractivity contribution is 4.83. The molecule has 0 spiro atoms. The third-order valence-corrected chi connectivity index (χ3v) is 3.99. The van der Waals surface area contributed by atoms with Gasteiger partial charge in [-0.05, 0) is 44.9 Å². The molecule has 0 aromatic heterocycles. The summed E-state index contributed by atoms with van der Waals surface area (Å²) in [4.78, 5) is 0. The fraction of sp³-hybridized carbons (Fsp3) is 1.00. The normalized spacial score (nSPS) is 40.9. The number of ether oxygens (including phenoxy) is 1. The Morgan fingerprint density at radius 3 is 2.56 bits per heavy atom. The lowest BCUT2D eigenvalue weighted by Gasteiger charge is -2.34. The predicted molar refractivity (Wildman–Crippen MR) is 64.5 cm³/mol. The smallest absolute Gasteiger partial charge is 0.0587 e. The highest BCUT2D eigenvalue weighted by Gasteiger charge is 2.25. The predicted octanol–water partition coefficient (Wildman–Crippen LogP) is 1.84. The van der Waals surface area contributed by atoms with Gasteiger partial charge in [-0.15, -0.1) is 0 Å². The summed E-state index contributed by atoms with van der Waals surface area (Å²) in [6, 6.07) is 1.27. The van der Waals surface area contributed by atoms with Crippen molar-refractivity contribution >= 4 is 0 Å². The number of hydrogen-bond donors (Lipinski definition) is 2. The molecule has 1 saturated carbocycles. The van der Waals surface area contributed by atoms with Crippen LogP contribution in [0.4, 0.5) is 0 Å². The van der Waals surface area contributed by atoms with Crippen LogP contribution in [0.2, 0.25) is 0 Å². The Labute approximate surface area is 98.6 Å². The van der Waals surface area contributed by atoms with Crippen LogP contribution in [0.5, 0.6) is 0 Å². The average molecular weight is 227 g/mol. The van der Waals surface area contributed by atoms with Gasteiger partial charge in [0.1, 0.15) is 0 Å². The van der Waals surface area contributed by atoms with E-state index in [2.05, 4.69) is 12.2 Å². The average Bonchev–Trinajstić information content (AvgIpc) is 2.32. The van der Waals surface area contributed by atoms with E-state index in [-0.39, 0.29) is 6.10 Å². The fourth-order valence-corrected chi connectivity index (χ4v) is 2.89. The lowest BCUT2D eigenvalue weighted by Crippen LogP contribution is -2.45. The number of hydrogen-bond acceptors (Lipinski definition) is 3. The van der Waals surface area contributed by atoms with E-state index in [1.165, 1.54) is 0 Å². The fourth-order valence-electron chi connectivity index (χ4n) is 2.89. The molecule has 0 aromatic rings. The Morgan fingerprint density at radius 2 is 1.88 bits per heavy atom. The molecule has 1 heterocycles. The molecule has 1 saturated heterocycles. The molecule has 2 unspecified atom stereocenters. The molecule has 3 nitrogen and oxygen atoms in total. The van der Waals surface area contributed by atoms with E-state index in [1.54, 1.807) is 0 Å². The minimum Gasteiger partial charge on any atom is -0.393 e. The van der Waals surface area contributed by atoms with Crippen LogP contribution < -0.4 is 5.32 Å². The van der Waals surface area contributed by atoms with Gasteiger partial charge >= 0.3 is 0 Å². The third-order valence-electron chi connectivity index (χ3n) is 3.99. The van der Waals surface area contributed by atoms with Gasteiger partial charge in [-0.1, -0.05) is 6.92 Å². The first-order chi connectivity index (χ1) is 7.78. The molecule has 2 N–H and O–H groups in total. The van der Waals surface area contributed by atoms with Crippen LogP contribution in [0.1, 0.15) is 51.9 Å². The van der Waals surface area contributed by atoms with Gasteiger partial charge in [-0.2, -0.15) is 0 Å². The van der Waals surface area contributed by atoms with Crippen molar-refractivity contribution < 1.29 is 9.84 Å². The van der Waals surface area contributed by atoms with Gasteiger partial charge in [0.15, 0.2) is 0 Å². The van der Waals surface area contributed by atoms with E-state index in [0.717, 1.165) is 51.6 Å². The van der Waals surface area contributed by atoms with Crippen molar-refractivity contribution in [3.05, 3.63) is 0 Å². The minimum atomic E-state index is -0.0453. The Kier molecular flexibility index (Phi) is 4.62. The minimum absolute atomic E-state index is 0.0453. The Balaban J connectivity index is 1.72. The van der Waals surface area contributed by atoms with Gasteiger partial charge < -0.3 is 15.2 Å². The van der Waals surface area contributed by atoms with Gasteiger partial charge in [-0.3, -0.25) is 0 Å².